The van der Waals surface area contributed by atoms with Gasteiger partial charge in [0.15, 0.2) is 6.29 Å². The highest BCUT2D eigenvalue weighted by atomic mass is 79.9. The molecule has 0 aromatic heterocycles. The molecule has 2 aromatic carbocycles. The zero-order valence-corrected chi connectivity index (χ0v) is 18.1. The van der Waals surface area contributed by atoms with Crippen molar-refractivity contribution in [3.63, 3.8) is 0 Å². The van der Waals surface area contributed by atoms with E-state index in [4.69, 9.17) is 25.8 Å². The van der Waals surface area contributed by atoms with Gasteiger partial charge >= 0.3 is 0 Å². The first kappa shape index (κ1) is 20.6. The normalized spacial score (nSPS) is 19.2. The molecule has 2 aromatic rings. The van der Waals surface area contributed by atoms with Crippen molar-refractivity contribution in [3.8, 4) is 5.75 Å². The molecule has 1 aliphatic carbocycles. The van der Waals surface area contributed by atoms with Gasteiger partial charge in [-0.3, -0.25) is 0 Å². The fourth-order valence-electron chi connectivity index (χ4n) is 3.80. The van der Waals surface area contributed by atoms with Gasteiger partial charge in [0.25, 0.3) is 0 Å². The molecule has 146 valence electrons. The molecular weight excluding hydrogens is 430 g/mol. The first-order chi connectivity index (χ1) is 13.1. The number of ether oxygens (including phenoxy) is 3. The molecule has 0 fully saturated rings. The van der Waals surface area contributed by atoms with Gasteiger partial charge in [0.05, 0.1) is 12.1 Å². The predicted octanol–water partition coefficient (Wildman–Crippen LogP) is 4.77. The highest BCUT2D eigenvalue weighted by Crippen LogP contribution is 2.40. The summed E-state index contributed by atoms with van der Waals surface area (Å²) in [6.07, 6.45) is 1.79. The highest BCUT2D eigenvalue weighted by molar-refractivity contribution is 9.10. The third-order valence-corrected chi connectivity index (χ3v) is 5.98. The molecule has 2 unspecified atom stereocenters. The fraction of sp³-hybridized carbons (Fsp3) is 0.429. The Bertz CT molecular complexity index is 782. The number of hydrogen-bond donors (Lipinski definition) is 1. The molecule has 27 heavy (non-hydrogen) atoms. The molecule has 0 saturated heterocycles. The monoisotopic (exact) mass is 453 g/mol. The first-order valence-corrected chi connectivity index (χ1v) is 10.1. The second kappa shape index (κ2) is 9.39. The minimum absolute atomic E-state index is 0.197. The average Bonchev–Trinajstić information content (AvgIpc) is 2.69. The van der Waals surface area contributed by atoms with Crippen LogP contribution in [0.2, 0.25) is 5.02 Å². The minimum atomic E-state index is -0.267. The van der Waals surface area contributed by atoms with Crippen molar-refractivity contribution in [3.05, 3.63) is 62.6 Å². The van der Waals surface area contributed by atoms with Crippen LogP contribution in [0.5, 0.6) is 5.75 Å². The summed E-state index contributed by atoms with van der Waals surface area (Å²) in [6.45, 7) is 0.630. The van der Waals surface area contributed by atoms with Crippen LogP contribution in [0.4, 0.5) is 0 Å². The second-order valence-electron chi connectivity index (χ2n) is 6.67. The van der Waals surface area contributed by atoms with Gasteiger partial charge in [-0.15, -0.1) is 0 Å². The maximum absolute atomic E-state index is 6.25. The predicted molar refractivity (Wildman–Crippen MR) is 112 cm³/mol. The van der Waals surface area contributed by atoms with Crippen LogP contribution < -0.4 is 10.1 Å². The lowest BCUT2D eigenvalue weighted by Crippen LogP contribution is -2.43. The van der Waals surface area contributed by atoms with E-state index in [1.165, 1.54) is 16.7 Å². The van der Waals surface area contributed by atoms with Gasteiger partial charge in [-0.1, -0.05) is 39.7 Å². The Morgan fingerprint density at radius 1 is 1.15 bits per heavy atom. The fourth-order valence-corrected chi connectivity index (χ4v) is 4.40. The largest absolute Gasteiger partial charge is 0.495 e. The molecule has 0 spiro atoms. The van der Waals surface area contributed by atoms with Gasteiger partial charge in [-0.25, -0.2) is 0 Å². The van der Waals surface area contributed by atoms with Crippen molar-refractivity contribution in [1.29, 1.82) is 0 Å². The summed E-state index contributed by atoms with van der Waals surface area (Å²) in [7, 11) is 4.96. The van der Waals surface area contributed by atoms with E-state index in [2.05, 4.69) is 45.5 Å². The van der Waals surface area contributed by atoms with E-state index in [9.17, 15) is 0 Å². The Kier molecular flexibility index (Phi) is 7.17. The van der Waals surface area contributed by atoms with Crippen LogP contribution in [-0.2, 0) is 15.9 Å². The van der Waals surface area contributed by atoms with Gasteiger partial charge in [-0.2, -0.15) is 0 Å². The number of rotatable bonds is 7. The van der Waals surface area contributed by atoms with Crippen LogP contribution in [0.1, 0.15) is 29.0 Å². The van der Waals surface area contributed by atoms with Gasteiger partial charge in [0.1, 0.15) is 5.75 Å². The van der Waals surface area contributed by atoms with Gasteiger partial charge in [-0.05, 0) is 53.8 Å². The Hall–Kier alpha value is -1.11. The van der Waals surface area contributed by atoms with Crippen LogP contribution in [0.25, 0.3) is 0 Å². The smallest absolute Gasteiger partial charge is 0.169 e. The Morgan fingerprint density at radius 2 is 1.93 bits per heavy atom. The lowest BCUT2D eigenvalue weighted by molar-refractivity contribution is -0.100. The summed E-state index contributed by atoms with van der Waals surface area (Å²) in [5, 5.41) is 4.27. The maximum atomic E-state index is 6.25. The van der Waals surface area contributed by atoms with Crippen molar-refractivity contribution >= 4 is 27.5 Å². The number of aryl methyl sites for hydroxylation is 1. The SMILES string of the molecule is COc1cc(C2c3ccc(Br)cc3CCC2NCC(OC)OC)ccc1Cl. The van der Waals surface area contributed by atoms with Gasteiger partial charge in [0.2, 0.25) is 0 Å². The average molecular weight is 455 g/mol. The topological polar surface area (TPSA) is 39.7 Å². The second-order valence-corrected chi connectivity index (χ2v) is 7.99. The Balaban J connectivity index is 1.97. The van der Waals surface area contributed by atoms with Crippen molar-refractivity contribution in [2.24, 2.45) is 0 Å². The third-order valence-electron chi connectivity index (χ3n) is 5.17. The quantitative estimate of drug-likeness (QED) is 0.612. The van der Waals surface area contributed by atoms with Crippen LogP contribution in [0.3, 0.4) is 0 Å². The lowest BCUT2D eigenvalue weighted by atomic mass is 9.75. The molecule has 1 N–H and O–H groups in total. The zero-order valence-electron chi connectivity index (χ0n) is 15.8. The van der Waals surface area contributed by atoms with E-state index in [-0.39, 0.29) is 18.2 Å². The van der Waals surface area contributed by atoms with Crippen LogP contribution in [-0.4, -0.2) is 40.2 Å². The van der Waals surface area contributed by atoms with Gasteiger partial charge < -0.3 is 19.5 Å². The zero-order chi connectivity index (χ0) is 19.4. The number of methoxy groups -OCH3 is 3. The molecule has 0 aliphatic heterocycles. The summed E-state index contributed by atoms with van der Waals surface area (Å²) in [4.78, 5) is 0. The molecule has 0 saturated carbocycles. The van der Waals surface area contributed by atoms with Crippen molar-refractivity contribution in [1.82, 2.24) is 5.32 Å². The molecule has 0 radical (unpaired) electrons. The molecule has 2 atom stereocenters. The Morgan fingerprint density at radius 3 is 2.63 bits per heavy atom. The van der Waals surface area contributed by atoms with E-state index < -0.39 is 0 Å². The molecule has 1 aliphatic rings. The van der Waals surface area contributed by atoms with E-state index in [1.54, 1.807) is 21.3 Å². The summed E-state index contributed by atoms with van der Waals surface area (Å²) in [6, 6.07) is 12.8. The molecular formula is C21H25BrClNO3. The van der Waals surface area contributed by atoms with Crippen molar-refractivity contribution in [2.75, 3.05) is 27.9 Å². The molecule has 4 nitrogen and oxygen atoms in total. The van der Waals surface area contributed by atoms with Crippen LogP contribution in [0, 0.1) is 0 Å². The standard InChI is InChI=1S/C21H25BrClNO3/c1-25-19-11-14(4-8-17(19)23)21-16-7-6-15(22)10-13(16)5-9-18(21)24-12-20(26-2)27-3/h4,6-8,10-11,18,20-21,24H,5,9,12H2,1-3H3. The van der Waals surface area contributed by atoms with Crippen molar-refractivity contribution in [2.45, 2.75) is 31.1 Å². The molecule has 3 rings (SSSR count). The first-order valence-electron chi connectivity index (χ1n) is 8.98. The number of halogens is 2. The van der Waals surface area contributed by atoms with Gasteiger partial charge in [0, 0.05) is 37.2 Å². The summed E-state index contributed by atoms with van der Waals surface area (Å²) in [5.41, 5.74) is 3.89. The molecule has 0 heterocycles. The maximum Gasteiger partial charge on any atom is 0.169 e. The Labute approximate surface area is 174 Å². The molecule has 0 amide bonds. The minimum Gasteiger partial charge on any atom is -0.495 e. The van der Waals surface area contributed by atoms with E-state index in [1.807, 2.05) is 12.1 Å². The molecule has 6 heteroatoms. The summed E-state index contributed by atoms with van der Waals surface area (Å²) >= 11 is 9.85. The van der Waals surface area contributed by atoms with Crippen LogP contribution in [0.15, 0.2) is 40.9 Å². The number of nitrogens with one attached hydrogen (secondary N) is 1. The van der Waals surface area contributed by atoms with E-state index in [0.717, 1.165) is 17.3 Å². The van der Waals surface area contributed by atoms with Crippen LogP contribution >= 0.6 is 27.5 Å². The van der Waals surface area contributed by atoms with Crippen molar-refractivity contribution < 1.29 is 14.2 Å². The van der Waals surface area contributed by atoms with E-state index >= 15 is 0 Å². The highest BCUT2D eigenvalue weighted by Gasteiger charge is 2.31. The summed E-state index contributed by atoms with van der Waals surface area (Å²) in [5.74, 6) is 0.895. The summed E-state index contributed by atoms with van der Waals surface area (Å²) < 4.78 is 17.2. The van der Waals surface area contributed by atoms with E-state index in [0.29, 0.717) is 17.3 Å². The number of benzene rings is 2. The number of hydrogen-bond acceptors (Lipinski definition) is 4. The number of fused-ring (bicyclic) bond motifs is 1. The lowest BCUT2D eigenvalue weighted by Gasteiger charge is -2.36. The molecule has 0 bridgehead atoms. The third kappa shape index (κ3) is 4.66.